The molecule has 0 saturated heterocycles. The lowest BCUT2D eigenvalue weighted by Gasteiger charge is -2.32. The molecule has 1 aromatic rings. The number of benzene rings is 1. The van der Waals surface area contributed by atoms with E-state index in [0.29, 0.717) is 12.0 Å². The molecule has 0 aliphatic heterocycles. The molecule has 2 atom stereocenters. The zero-order valence-electron chi connectivity index (χ0n) is 13.9. The van der Waals surface area contributed by atoms with E-state index in [0.717, 1.165) is 31.0 Å². The summed E-state index contributed by atoms with van der Waals surface area (Å²) >= 11 is 0. The van der Waals surface area contributed by atoms with E-state index in [1.165, 1.54) is 6.07 Å². The molecule has 3 nitrogen and oxygen atoms in total. The van der Waals surface area contributed by atoms with Gasteiger partial charge < -0.3 is 15.3 Å². The standard InChI is InChI=1S/C17H29FN2O/c1-6-13(7-2)16(20(4)5)11-19-12(3)15-9-8-14(18)10-17(15)21/h8-10,12-13,16,19,21H,6-7,11H2,1-5H3. The number of phenolic OH excluding ortho intramolecular Hbond substituents is 1. The molecule has 120 valence electrons. The molecule has 0 aliphatic carbocycles. The summed E-state index contributed by atoms with van der Waals surface area (Å²) < 4.78 is 13.0. The van der Waals surface area contributed by atoms with Crippen molar-refractivity contribution in [1.82, 2.24) is 10.2 Å². The van der Waals surface area contributed by atoms with Crippen molar-refractivity contribution in [2.45, 2.75) is 45.7 Å². The maximum atomic E-state index is 13.0. The van der Waals surface area contributed by atoms with E-state index in [9.17, 15) is 9.50 Å². The molecule has 0 radical (unpaired) electrons. The lowest BCUT2D eigenvalue weighted by atomic mass is 9.93. The first-order valence-corrected chi connectivity index (χ1v) is 7.78. The van der Waals surface area contributed by atoms with E-state index >= 15 is 0 Å². The molecule has 21 heavy (non-hydrogen) atoms. The van der Waals surface area contributed by atoms with Crippen molar-refractivity contribution in [3.63, 3.8) is 0 Å². The first-order chi connectivity index (χ1) is 9.90. The first-order valence-electron chi connectivity index (χ1n) is 7.78. The molecule has 1 aromatic carbocycles. The molecule has 0 amide bonds. The highest BCUT2D eigenvalue weighted by Gasteiger charge is 2.21. The fourth-order valence-electron chi connectivity index (χ4n) is 2.89. The Bertz CT molecular complexity index is 433. The van der Waals surface area contributed by atoms with Crippen LogP contribution >= 0.6 is 0 Å². The smallest absolute Gasteiger partial charge is 0.126 e. The number of likely N-dealkylation sites (N-methyl/N-ethyl adjacent to an activating group) is 1. The Morgan fingerprint density at radius 2 is 1.86 bits per heavy atom. The Kier molecular flexibility index (Phi) is 7.12. The predicted octanol–water partition coefficient (Wildman–Crippen LogP) is 3.55. The predicted molar refractivity (Wildman–Crippen MR) is 86.0 cm³/mol. The van der Waals surface area contributed by atoms with Gasteiger partial charge in [-0.2, -0.15) is 0 Å². The fraction of sp³-hybridized carbons (Fsp3) is 0.647. The Labute approximate surface area is 128 Å². The molecule has 2 unspecified atom stereocenters. The molecule has 4 heteroatoms. The van der Waals surface area contributed by atoms with E-state index in [-0.39, 0.29) is 11.8 Å². The van der Waals surface area contributed by atoms with Crippen LogP contribution in [0.3, 0.4) is 0 Å². The van der Waals surface area contributed by atoms with Gasteiger partial charge in [0.05, 0.1) is 0 Å². The van der Waals surface area contributed by atoms with Gasteiger partial charge >= 0.3 is 0 Å². The van der Waals surface area contributed by atoms with Gasteiger partial charge in [-0.3, -0.25) is 0 Å². The van der Waals surface area contributed by atoms with Crippen LogP contribution < -0.4 is 5.32 Å². The van der Waals surface area contributed by atoms with Crippen LogP contribution in [0.25, 0.3) is 0 Å². The largest absolute Gasteiger partial charge is 0.508 e. The van der Waals surface area contributed by atoms with E-state index in [2.05, 4.69) is 38.2 Å². The molecule has 0 saturated carbocycles. The Morgan fingerprint density at radius 3 is 2.33 bits per heavy atom. The molecule has 0 fully saturated rings. The highest BCUT2D eigenvalue weighted by Crippen LogP contribution is 2.25. The highest BCUT2D eigenvalue weighted by molar-refractivity contribution is 5.34. The number of phenols is 1. The summed E-state index contributed by atoms with van der Waals surface area (Å²) in [4.78, 5) is 2.25. The topological polar surface area (TPSA) is 35.5 Å². The van der Waals surface area contributed by atoms with Crippen LogP contribution in [-0.2, 0) is 0 Å². The van der Waals surface area contributed by atoms with Crippen LogP contribution in [0.1, 0.15) is 45.2 Å². The average Bonchev–Trinajstić information content (AvgIpc) is 2.42. The molecular formula is C17H29FN2O. The molecule has 0 spiro atoms. The Morgan fingerprint density at radius 1 is 1.24 bits per heavy atom. The van der Waals surface area contributed by atoms with Crippen LogP contribution in [0.15, 0.2) is 18.2 Å². The molecule has 0 aromatic heterocycles. The third kappa shape index (κ3) is 4.97. The summed E-state index contributed by atoms with van der Waals surface area (Å²) in [6.07, 6.45) is 2.30. The SMILES string of the molecule is CCC(CC)C(CNC(C)c1ccc(F)cc1O)N(C)C. The van der Waals surface area contributed by atoms with Crippen molar-refractivity contribution in [1.29, 1.82) is 0 Å². The molecule has 0 aliphatic rings. The summed E-state index contributed by atoms with van der Waals surface area (Å²) in [6.45, 7) is 7.28. The highest BCUT2D eigenvalue weighted by atomic mass is 19.1. The number of hydrogen-bond acceptors (Lipinski definition) is 3. The van der Waals surface area contributed by atoms with Gasteiger partial charge in [0.1, 0.15) is 11.6 Å². The number of aromatic hydroxyl groups is 1. The molecule has 0 heterocycles. The number of nitrogens with one attached hydrogen (secondary N) is 1. The zero-order valence-corrected chi connectivity index (χ0v) is 13.9. The molecule has 1 rings (SSSR count). The van der Waals surface area contributed by atoms with Crippen molar-refractivity contribution in [3.05, 3.63) is 29.6 Å². The zero-order chi connectivity index (χ0) is 16.0. The van der Waals surface area contributed by atoms with E-state index < -0.39 is 5.82 Å². The average molecular weight is 296 g/mol. The van der Waals surface area contributed by atoms with Crippen LogP contribution in [0, 0.1) is 11.7 Å². The van der Waals surface area contributed by atoms with E-state index in [1.54, 1.807) is 6.07 Å². The van der Waals surface area contributed by atoms with Crippen molar-refractivity contribution < 1.29 is 9.50 Å². The minimum atomic E-state index is -0.411. The van der Waals surface area contributed by atoms with Crippen LogP contribution in [-0.4, -0.2) is 36.7 Å². The van der Waals surface area contributed by atoms with Gasteiger partial charge in [-0.1, -0.05) is 32.8 Å². The molecular weight excluding hydrogens is 267 g/mol. The van der Waals surface area contributed by atoms with Gasteiger partial charge in [0.25, 0.3) is 0 Å². The third-order valence-electron chi connectivity index (χ3n) is 4.35. The van der Waals surface area contributed by atoms with Gasteiger partial charge in [-0.25, -0.2) is 4.39 Å². The van der Waals surface area contributed by atoms with E-state index in [1.807, 2.05) is 6.92 Å². The summed E-state index contributed by atoms with van der Waals surface area (Å²) in [6, 6.07) is 4.63. The summed E-state index contributed by atoms with van der Waals surface area (Å²) in [5, 5.41) is 13.3. The second-order valence-electron chi connectivity index (χ2n) is 5.94. The number of rotatable bonds is 8. The van der Waals surface area contributed by atoms with Crippen molar-refractivity contribution in [3.8, 4) is 5.75 Å². The van der Waals surface area contributed by atoms with Gasteiger partial charge in [0.2, 0.25) is 0 Å². The number of hydrogen-bond donors (Lipinski definition) is 2. The minimum Gasteiger partial charge on any atom is -0.508 e. The first kappa shape index (κ1) is 17.9. The van der Waals surface area contributed by atoms with Crippen LogP contribution in [0.5, 0.6) is 5.75 Å². The maximum Gasteiger partial charge on any atom is 0.126 e. The lowest BCUT2D eigenvalue weighted by molar-refractivity contribution is 0.190. The number of nitrogens with zero attached hydrogens (tertiary/aromatic N) is 1. The fourth-order valence-corrected chi connectivity index (χ4v) is 2.89. The summed E-state index contributed by atoms with van der Waals surface area (Å²) in [7, 11) is 4.20. The second kappa shape index (κ2) is 8.35. The van der Waals surface area contributed by atoms with E-state index in [4.69, 9.17) is 0 Å². The number of halogens is 1. The quantitative estimate of drug-likeness (QED) is 0.770. The maximum absolute atomic E-state index is 13.0. The minimum absolute atomic E-state index is 0.0117. The van der Waals surface area contributed by atoms with Crippen molar-refractivity contribution in [2.24, 2.45) is 5.92 Å². The third-order valence-corrected chi connectivity index (χ3v) is 4.35. The van der Waals surface area contributed by atoms with Gasteiger partial charge in [0.15, 0.2) is 0 Å². The van der Waals surface area contributed by atoms with Crippen LogP contribution in [0.2, 0.25) is 0 Å². The Hall–Kier alpha value is -1.13. The second-order valence-corrected chi connectivity index (χ2v) is 5.94. The lowest BCUT2D eigenvalue weighted by Crippen LogP contribution is -2.43. The summed E-state index contributed by atoms with van der Waals surface area (Å²) in [5.74, 6) is 0.243. The molecule has 0 bridgehead atoms. The van der Waals surface area contributed by atoms with Crippen molar-refractivity contribution in [2.75, 3.05) is 20.6 Å². The van der Waals surface area contributed by atoms with Crippen molar-refractivity contribution >= 4 is 0 Å². The Balaban J connectivity index is 2.71. The van der Waals surface area contributed by atoms with Gasteiger partial charge in [-0.05, 0) is 33.0 Å². The van der Waals surface area contributed by atoms with Crippen LogP contribution in [0.4, 0.5) is 4.39 Å². The summed E-state index contributed by atoms with van der Waals surface area (Å²) in [5.41, 5.74) is 0.735. The monoisotopic (exact) mass is 296 g/mol. The molecule has 2 N–H and O–H groups in total. The normalized spacial score (nSPS) is 14.7. The van der Waals surface area contributed by atoms with Gasteiger partial charge in [0, 0.05) is 30.3 Å². The van der Waals surface area contributed by atoms with Gasteiger partial charge in [-0.15, -0.1) is 0 Å².